The first-order chi connectivity index (χ1) is 7.93. The number of likely N-dealkylation sites (N-methyl/N-ethyl adjacent to an activating group) is 1. The van der Waals surface area contributed by atoms with Crippen molar-refractivity contribution < 1.29 is 4.79 Å². The Kier molecular flexibility index (Phi) is 5.40. The zero-order valence-electron chi connectivity index (χ0n) is 11.6. The van der Waals surface area contributed by atoms with Crippen molar-refractivity contribution in [3.05, 3.63) is 0 Å². The predicted molar refractivity (Wildman–Crippen MR) is 70.7 cm³/mol. The molecule has 0 unspecified atom stereocenters. The third kappa shape index (κ3) is 3.96. The summed E-state index contributed by atoms with van der Waals surface area (Å²) >= 11 is 0. The summed E-state index contributed by atoms with van der Waals surface area (Å²) < 4.78 is 0. The minimum atomic E-state index is -0.415. The van der Waals surface area contributed by atoms with E-state index in [4.69, 9.17) is 5.73 Å². The van der Waals surface area contributed by atoms with E-state index in [9.17, 15) is 4.79 Å². The molecule has 100 valence electrons. The average molecular weight is 241 g/mol. The van der Waals surface area contributed by atoms with Crippen LogP contribution in [0.5, 0.6) is 0 Å². The van der Waals surface area contributed by atoms with Gasteiger partial charge in [-0.2, -0.15) is 0 Å². The van der Waals surface area contributed by atoms with Crippen molar-refractivity contribution in [3.63, 3.8) is 0 Å². The Balaban J connectivity index is 2.62. The summed E-state index contributed by atoms with van der Waals surface area (Å²) in [6, 6.07) is 0.802. The molecule has 1 amide bonds. The number of nitrogens with one attached hydrogen (secondary N) is 1. The highest BCUT2D eigenvalue weighted by molar-refractivity contribution is 5.81. The summed E-state index contributed by atoms with van der Waals surface area (Å²) in [5, 5.41) is 3.10. The van der Waals surface area contributed by atoms with Crippen LogP contribution in [0.4, 0.5) is 0 Å². The van der Waals surface area contributed by atoms with Crippen LogP contribution in [0, 0.1) is 0 Å². The van der Waals surface area contributed by atoms with E-state index in [0.717, 1.165) is 6.42 Å². The SMILES string of the molecule is CC(C)N(C)[C@@H]1CCCC[C@H]1NC(=O)[C@H](C)N. The number of nitrogens with zero attached hydrogens (tertiary/aromatic N) is 1. The molecule has 1 aliphatic rings. The van der Waals surface area contributed by atoms with Crippen LogP contribution in [0.2, 0.25) is 0 Å². The van der Waals surface area contributed by atoms with Gasteiger partial charge < -0.3 is 11.1 Å². The van der Waals surface area contributed by atoms with E-state index in [2.05, 4.69) is 31.1 Å². The number of hydrogen-bond donors (Lipinski definition) is 2. The number of hydrogen-bond acceptors (Lipinski definition) is 3. The second kappa shape index (κ2) is 6.36. The smallest absolute Gasteiger partial charge is 0.236 e. The number of amides is 1. The van der Waals surface area contributed by atoms with Crippen LogP contribution in [0.1, 0.15) is 46.5 Å². The van der Waals surface area contributed by atoms with Gasteiger partial charge in [-0.3, -0.25) is 9.69 Å². The van der Waals surface area contributed by atoms with E-state index in [1.807, 2.05) is 0 Å². The molecule has 0 spiro atoms. The zero-order chi connectivity index (χ0) is 13.0. The fourth-order valence-electron chi connectivity index (χ4n) is 2.46. The van der Waals surface area contributed by atoms with Crippen molar-refractivity contribution in [2.45, 2.75) is 70.6 Å². The third-order valence-electron chi connectivity index (χ3n) is 3.81. The summed E-state index contributed by atoms with van der Waals surface area (Å²) in [7, 11) is 2.14. The molecule has 0 aliphatic heterocycles. The van der Waals surface area contributed by atoms with Gasteiger partial charge in [-0.25, -0.2) is 0 Å². The van der Waals surface area contributed by atoms with Crippen LogP contribution in [0.15, 0.2) is 0 Å². The van der Waals surface area contributed by atoms with E-state index in [1.54, 1.807) is 6.92 Å². The lowest BCUT2D eigenvalue weighted by atomic mass is 9.88. The summed E-state index contributed by atoms with van der Waals surface area (Å²) in [6.45, 7) is 6.12. The molecule has 0 saturated heterocycles. The van der Waals surface area contributed by atoms with E-state index in [0.29, 0.717) is 12.1 Å². The van der Waals surface area contributed by atoms with Gasteiger partial charge in [0.15, 0.2) is 0 Å². The minimum absolute atomic E-state index is 0.0287. The fraction of sp³-hybridized carbons (Fsp3) is 0.923. The van der Waals surface area contributed by atoms with Gasteiger partial charge in [0.05, 0.1) is 6.04 Å². The first-order valence-corrected chi connectivity index (χ1v) is 6.71. The molecule has 0 radical (unpaired) electrons. The average Bonchev–Trinajstić information content (AvgIpc) is 2.28. The minimum Gasteiger partial charge on any atom is -0.350 e. The molecule has 3 atom stereocenters. The molecule has 3 N–H and O–H groups in total. The number of carbonyl (C=O) groups excluding carboxylic acids is 1. The van der Waals surface area contributed by atoms with E-state index < -0.39 is 6.04 Å². The van der Waals surface area contributed by atoms with Gasteiger partial charge in [-0.05, 0) is 40.7 Å². The molecule has 4 heteroatoms. The van der Waals surface area contributed by atoms with Crippen molar-refractivity contribution >= 4 is 5.91 Å². The second-order valence-electron chi connectivity index (χ2n) is 5.51. The summed E-state index contributed by atoms with van der Waals surface area (Å²) in [6.07, 6.45) is 4.69. The Morgan fingerprint density at radius 2 is 1.88 bits per heavy atom. The van der Waals surface area contributed by atoms with Gasteiger partial charge in [-0.15, -0.1) is 0 Å². The fourth-order valence-corrected chi connectivity index (χ4v) is 2.46. The van der Waals surface area contributed by atoms with Crippen LogP contribution < -0.4 is 11.1 Å². The Morgan fingerprint density at radius 1 is 1.29 bits per heavy atom. The van der Waals surface area contributed by atoms with Crippen LogP contribution in [0.25, 0.3) is 0 Å². The predicted octanol–water partition coefficient (Wildman–Crippen LogP) is 1.10. The molecule has 0 aromatic rings. The normalized spacial score (nSPS) is 27.2. The Bertz CT molecular complexity index is 253. The van der Waals surface area contributed by atoms with Gasteiger partial charge in [0.25, 0.3) is 0 Å². The highest BCUT2D eigenvalue weighted by Crippen LogP contribution is 2.23. The highest BCUT2D eigenvalue weighted by atomic mass is 16.2. The van der Waals surface area contributed by atoms with Crippen molar-refractivity contribution in [1.29, 1.82) is 0 Å². The van der Waals surface area contributed by atoms with Gasteiger partial charge in [0.1, 0.15) is 0 Å². The number of carbonyl (C=O) groups is 1. The zero-order valence-corrected chi connectivity index (χ0v) is 11.6. The van der Waals surface area contributed by atoms with Crippen LogP contribution in [-0.4, -0.2) is 42.0 Å². The Hall–Kier alpha value is -0.610. The van der Waals surface area contributed by atoms with Crippen molar-refractivity contribution in [2.24, 2.45) is 5.73 Å². The lowest BCUT2D eigenvalue weighted by Crippen LogP contribution is -2.56. The van der Waals surface area contributed by atoms with E-state index in [1.165, 1.54) is 19.3 Å². The van der Waals surface area contributed by atoms with Crippen LogP contribution in [-0.2, 0) is 4.79 Å². The second-order valence-corrected chi connectivity index (χ2v) is 5.51. The van der Waals surface area contributed by atoms with Crippen LogP contribution >= 0.6 is 0 Å². The summed E-state index contributed by atoms with van der Waals surface area (Å²) in [5.41, 5.74) is 5.61. The molecule has 0 aromatic carbocycles. The topological polar surface area (TPSA) is 58.4 Å². The van der Waals surface area contributed by atoms with Gasteiger partial charge in [-0.1, -0.05) is 12.8 Å². The molecule has 17 heavy (non-hydrogen) atoms. The largest absolute Gasteiger partial charge is 0.350 e. The first-order valence-electron chi connectivity index (χ1n) is 6.71. The molecule has 0 aromatic heterocycles. The van der Waals surface area contributed by atoms with Gasteiger partial charge >= 0.3 is 0 Å². The van der Waals surface area contributed by atoms with E-state index in [-0.39, 0.29) is 11.9 Å². The van der Waals surface area contributed by atoms with Gasteiger partial charge in [0.2, 0.25) is 5.91 Å². The standard InChI is InChI=1S/C13H27N3O/c1-9(2)16(4)12-8-6-5-7-11(12)15-13(17)10(3)14/h9-12H,5-8,14H2,1-4H3,(H,15,17)/t10-,11+,12+/m0/s1. The van der Waals surface area contributed by atoms with Gasteiger partial charge in [0, 0.05) is 18.1 Å². The molecule has 0 bridgehead atoms. The van der Waals surface area contributed by atoms with Crippen LogP contribution in [0.3, 0.4) is 0 Å². The first kappa shape index (κ1) is 14.5. The molecule has 1 fully saturated rings. The maximum Gasteiger partial charge on any atom is 0.236 e. The van der Waals surface area contributed by atoms with Crippen molar-refractivity contribution in [2.75, 3.05) is 7.05 Å². The molecule has 0 heterocycles. The molecule has 4 nitrogen and oxygen atoms in total. The highest BCUT2D eigenvalue weighted by Gasteiger charge is 2.30. The van der Waals surface area contributed by atoms with E-state index >= 15 is 0 Å². The summed E-state index contributed by atoms with van der Waals surface area (Å²) in [4.78, 5) is 14.1. The Morgan fingerprint density at radius 3 is 2.41 bits per heavy atom. The maximum atomic E-state index is 11.7. The lowest BCUT2D eigenvalue weighted by Gasteiger charge is -2.40. The van der Waals surface area contributed by atoms with Crippen molar-refractivity contribution in [3.8, 4) is 0 Å². The van der Waals surface area contributed by atoms with Crippen molar-refractivity contribution in [1.82, 2.24) is 10.2 Å². The molecule has 1 aliphatic carbocycles. The number of nitrogens with two attached hydrogens (primary N) is 1. The quantitative estimate of drug-likeness (QED) is 0.775. The maximum absolute atomic E-state index is 11.7. The molecule has 1 rings (SSSR count). The summed E-state index contributed by atoms with van der Waals surface area (Å²) in [5.74, 6) is -0.0287. The Labute approximate surface area is 105 Å². The molecular weight excluding hydrogens is 214 g/mol. The molecular formula is C13H27N3O. The lowest BCUT2D eigenvalue weighted by molar-refractivity contribution is -0.123. The molecule has 1 saturated carbocycles. The monoisotopic (exact) mass is 241 g/mol. The number of rotatable bonds is 4. The third-order valence-corrected chi connectivity index (χ3v) is 3.81.